The number of thioether (sulfide) groups is 1. The van der Waals surface area contributed by atoms with Crippen molar-refractivity contribution in [2.45, 2.75) is 49.5 Å². The van der Waals surface area contributed by atoms with Gasteiger partial charge in [-0.05, 0) is 50.1 Å². The Balaban J connectivity index is 1.68. The molecule has 1 atom stereocenters. The van der Waals surface area contributed by atoms with E-state index < -0.39 is 17.7 Å². The van der Waals surface area contributed by atoms with Crippen LogP contribution in [-0.2, 0) is 21.7 Å². The van der Waals surface area contributed by atoms with Gasteiger partial charge in [0.1, 0.15) is 11.6 Å². The van der Waals surface area contributed by atoms with E-state index in [1.807, 2.05) is 60.7 Å². The number of nitrogens with one attached hydrogen (secondary N) is 2. The summed E-state index contributed by atoms with van der Waals surface area (Å²) >= 11 is 8.11. The van der Waals surface area contributed by atoms with Crippen molar-refractivity contribution in [3.05, 3.63) is 95.0 Å². The number of rotatable bonds is 8. The molecule has 0 aliphatic rings. The summed E-state index contributed by atoms with van der Waals surface area (Å²) in [4.78, 5) is 26.4. The van der Waals surface area contributed by atoms with Crippen molar-refractivity contribution < 1.29 is 14.3 Å². The van der Waals surface area contributed by atoms with Gasteiger partial charge in [-0.25, -0.2) is 4.79 Å². The van der Waals surface area contributed by atoms with Crippen molar-refractivity contribution in [3.8, 4) is 0 Å². The van der Waals surface area contributed by atoms with E-state index in [9.17, 15) is 9.59 Å². The van der Waals surface area contributed by atoms with Gasteiger partial charge in [-0.1, -0.05) is 72.3 Å². The first-order valence-electron chi connectivity index (χ1n) is 11.0. The van der Waals surface area contributed by atoms with Gasteiger partial charge in [0.2, 0.25) is 5.91 Å². The maximum atomic E-state index is 13.1. The fraction of sp³-hybridized carbons (Fsp3) is 0.259. The van der Waals surface area contributed by atoms with Crippen molar-refractivity contribution in [2.24, 2.45) is 0 Å². The molecule has 2 N–H and O–H groups in total. The molecule has 7 heteroatoms. The summed E-state index contributed by atoms with van der Waals surface area (Å²) in [6, 6.07) is 24.2. The lowest BCUT2D eigenvalue weighted by Gasteiger charge is -2.23. The third-order valence-electron chi connectivity index (χ3n) is 4.73. The molecule has 0 aliphatic carbocycles. The second kappa shape index (κ2) is 12.0. The zero-order valence-corrected chi connectivity index (χ0v) is 21.1. The molecule has 3 rings (SSSR count). The molecule has 0 fully saturated rings. The Bertz CT molecular complexity index is 1100. The predicted octanol–water partition coefficient (Wildman–Crippen LogP) is 6.71. The summed E-state index contributed by atoms with van der Waals surface area (Å²) < 4.78 is 5.35. The van der Waals surface area contributed by atoms with Gasteiger partial charge in [-0.2, -0.15) is 0 Å². The lowest BCUT2D eigenvalue weighted by atomic mass is 10.1. The van der Waals surface area contributed by atoms with E-state index in [-0.39, 0.29) is 5.91 Å². The van der Waals surface area contributed by atoms with Gasteiger partial charge in [-0.15, -0.1) is 11.8 Å². The fourth-order valence-electron chi connectivity index (χ4n) is 3.17. The molecular weight excluding hydrogens is 468 g/mol. The van der Waals surface area contributed by atoms with Crippen molar-refractivity contribution in [3.63, 3.8) is 0 Å². The number of halogens is 1. The van der Waals surface area contributed by atoms with Crippen LogP contribution in [0.3, 0.4) is 0 Å². The average Bonchev–Trinajstić information content (AvgIpc) is 2.78. The number of benzene rings is 3. The summed E-state index contributed by atoms with van der Waals surface area (Å²) in [6.45, 7) is 5.33. The van der Waals surface area contributed by atoms with Crippen LogP contribution in [0.4, 0.5) is 10.5 Å². The standard InChI is InChI=1S/C27H29ClN2O3S/c1-27(2,3)33-26(32)30-23(16-19-10-6-4-7-11-19)25(31)29-21-14-15-24(22(28)17-21)34-18-20-12-8-5-9-13-20/h4-15,17,23H,16,18H2,1-3H3,(H,29,31)(H,30,32)/t23-/m0/s1. The number of amides is 2. The van der Waals surface area contributed by atoms with Gasteiger partial charge in [0.15, 0.2) is 0 Å². The Labute approximate surface area is 210 Å². The van der Waals surface area contributed by atoms with Crippen LogP contribution in [0.25, 0.3) is 0 Å². The Hall–Kier alpha value is -2.96. The number of alkyl carbamates (subject to hydrolysis) is 1. The third-order valence-corrected chi connectivity index (χ3v) is 6.30. The first-order chi connectivity index (χ1) is 16.2. The quantitative estimate of drug-likeness (QED) is 0.340. The third kappa shape index (κ3) is 8.43. The van der Waals surface area contributed by atoms with Gasteiger partial charge in [0, 0.05) is 22.8 Å². The smallest absolute Gasteiger partial charge is 0.408 e. The number of hydrogen-bond donors (Lipinski definition) is 2. The molecule has 0 unspecified atom stereocenters. The molecule has 0 spiro atoms. The van der Waals surface area contributed by atoms with E-state index in [4.69, 9.17) is 16.3 Å². The fourth-order valence-corrected chi connectivity index (χ4v) is 4.39. The zero-order chi connectivity index (χ0) is 24.6. The molecule has 2 amide bonds. The Morgan fingerprint density at radius 3 is 2.15 bits per heavy atom. The summed E-state index contributed by atoms with van der Waals surface area (Å²) in [7, 11) is 0. The van der Waals surface area contributed by atoms with Crippen molar-refractivity contribution in [1.82, 2.24) is 5.32 Å². The highest BCUT2D eigenvalue weighted by atomic mass is 35.5. The summed E-state index contributed by atoms with van der Waals surface area (Å²) in [5, 5.41) is 6.12. The first kappa shape index (κ1) is 25.7. The van der Waals surface area contributed by atoms with Crippen LogP contribution in [0, 0.1) is 0 Å². The Morgan fingerprint density at radius 2 is 1.56 bits per heavy atom. The Morgan fingerprint density at radius 1 is 0.941 bits per heavy atom. The molecule has 0 heterocycles. The topological polar surface area (TPSA) is 67.4 Å². The van der Waals surface area contributed by atoms with E-state index in [0.717, 1.165) is 16.2 Å². The maximum absolute atomic E-state index is 13.1. The minimum Gasteiger partial charge on any atom is -0.444 e. The van der Waals surface area contributed by atoms with Gasteiger partial charge in [0.05, 0.1) is 5.02 Å². The monoisotopic (exact) mass is 496 g/mol. The number of anilines is 1. The number of hydrogen-bond acceptors (Lipinski definition) is 4. The SMILES string of the molecule is CC(C)(C)OC(=O)N[C@@H](Cc1ccccc1)C(=O)Nc1ccc(SCc2ccccc2)c(Cl)c1. The average molecular weight is 497 g/mol. The molecule has 0 aromatic heterocycles. The largest absolute Gasteiger partial charge is 0.444 e. The zero-order valence-electron chi connectivity index (χ0n) is 19.5. The molecule has 0 saturated carbocycles. The van der Waals surface area contributed by atoms with E-state index >= 15 is 0 Å². The van der Waals surface area contributed by atoms with Crippen LogP contribution in [0.2, 0.25) is 5.02 Å². The molecule has 0 radical (unpaired) electrons. The van der Waals surface area contributed by atoms with Gasteiger partial charge in [0.25, 0.3) is 0 Å². The van der Waals surface area contributed by atoms with Gasteiger partial charge >= 0.3 is 6.09 Å². The van der Waals surface area contributed by atoms with Crippen LogP contribution in [0.15, 0.2) is 83.8 Å². The lowest BCUT2D eigenvalue weighted by Crippen LogP contribution is -2.47. The predicted molar refractivity (Wildman–Crippen MR) is 139 cm³/mol. The van der Waals surface area contributed by atoms with Crippen LogP contribution < -0.4 is 10.6 Å². The molecule has 178 valence electrons. The molecule has 3 aromatic rings. The molecule has 5 nitrogen and oxygen atoms in total. The second-order valence-electron chi connectivity index (χ2n) is 8.80. The summed E-state index contributed by atoms with van der Waals surface area (Å²) in [5.41, 5.74) is 2.02. The first-order valence-corrected chi connectivity index (χ1v) is 12.4. The van der Waals surface area contributed by atoms with Crippen LogP contribution in [0.1, 0.15) is 31.9 Å². The van der Waals surface area contributed by atoms with Crippen LogP contribution in [0.5, 0.6) is 0 Å². The molecule has 0 saturated heterocycles. The van der Waals surface area contributed by atoms with Crippen LogP contribution >= 0.6 is 23.4 Å². The van der Waals surface area contributed by atoms with Crippen molar-refractivity contribution in [2.75, 3.05) is 5.32 Å². The van der Waals surface area contributed by atoms with E-state index in [0.29, 0.717) is 17.1 Å². The highest BCUT2D eigenvalue weighted by Crippen LogP contribution is 2.32. The molecule has 0 bridgehead atoms. The van der Waals surface area contributed by atoms with Gasteiger partial charge < -0.3 is 15.4 Å². The maximum Gasteiger partial charge on any atom is 0.408 e. The number of carbonyl (C=O) groups excluding carboxylic acids is 2. The normalized spacial score (nSPS) is 12.0. The minimum atomic E-state index is -0.817. The highest BCUT2D eigenvalue weighted by molar-refractivity contribution is 7.98. The molecular formula is C27H29ClN2O3S. The van der Waals surface area contributed by atoms with E-state index in [1.165, 1.54) is 5.56 Å². The second-order valence-corrected chi connectivity index (χ2v) is 10.2. The highest BCUT2D eigenvalue weighted by Gasteiger charge is 2.25. The van der Waals surface area contributed by atoms with Gasteiger partial charge in [-0.3, -0.25) is 4.79 Å². The van der Waals surface area contributed by atoms with Crippen molar-refractivity contribution in [1.29, 1.82) is 0 Å². The van der Waals surface area contributed by atoms with E-state index in [1.54, 1.807) is 38.6 Å². The number of carbonyl (C=O) groups is 2. The minimum absolute atomic E-state index is 0.324. The summed E-state index contributed by atoms with van der Waals surface area (Å²) in [5.74, 6) is 0.445. The molecule has 34 heavy (non-hydrogen) atoms. The Kier molecular flexibility index (Phi) is 9.02. The number of ether oxygens (including phenoxy) is 1. The van der Waals surface area contributed by atoms with Crippen LogP contribution in [-0.4, -0.2) is 23.6 Å². The van der Waals surface area contributed by atoms with E-state index in [2.05, 4.69) is 22.8 Å². The van der Waals surface area contributed by atoms with Crippen molar-refractivity contribution >= 4 is 41.1 Å². The molecule has 3 aromatic carbocycles. The lowest BCUT2D eigenvalue weighted by molar-refractivity contribution is -0.118. The summed E-state index contributed by atoms with van der Waals surface area (Å²) in [6.07, 6.45) is -0.320. The molecule has 0 aliphatic heterocycles.